The first kappa shape index (κ1) is 18.2. The number of aromatic nitrogens is 2. The Morgan fingerprint density at radius 1 is 1.04 bits per heavy atom. The monoisotopic (exact) mass is 387 g/mol. The van der Waals surface area contributed by atoms with Crippen LogP contribution in [0.2, 0.25) is 0 Å². The Bertz CT molecular complexity index is 1010. The van der Waals surface area contributed by atoms with E-state index in [1.807, 2.05) is 54.6 Å². The van der Waals surface area contributed by atoms with Gasteiger partial charge >= 0.3 is 6.18 Å². The average molecular weight is 387 g/mol. The van der Waals surface area contributed by atoms with Crippen molar-refractivity contribution < 1.29 is 23.1 Å². The third kappa shape index (κ3) is 3.05. The molecule has 3 N–H and O–H groups in total. The van der Waals surface area contributed by atoms with Crippen molar-refractivity contribution in [2.75, 3.05) is 5.32 Å². The van der Waals surface area contributed by atoms with Crippen LogP contribution in [0.4, 0.5) is 19.0 Å². The molecule has 5 nitrogen and oxygen atoms in total. The lowest BCUT2D eigenvalue weighted by Gasteiger charge is -2.33. The summed E-state index contributed by atoms with van der Waals surface area (Å²) in [6.07, 6.45) is -6.00. The first-order valence-electron chi connectivity index (χ1n) is 8.59. The zero-order valence-electron chi connectivity index (χ0n) is 14.5. The van der Waals surface area contributed by atoms with Gasteiger partial charge in [-0.05, 0) is 16.7 Å². The van der Waals surface area contributed by atoms with Crippen LogP contribution in [0, 0.1) is 0 Å². The second kappa shape index (κ2) is 6.49. The zero-order chi connectivity index (χ0) is 19.9. The first-order valence-corrected chi connectivity index (χ1v) is 8.59. The van der Waals surface area contributed by atoms with Gasteiger partial charge in [-0.15, -0.1) is 0 Å². The molecule has 0 fully saturated rings. The summed E-state index contributed by atoms with van der Waals surface area (Å²) in [4.78, 5) is 11.6. The highest BCUT2D eigenvalue weighted by Gasteiger charge is 2.60. The van der Waals surface area contributed by atoms with E-state index >= 15 is 0 Å². The van der Waals surface area contributed by atoms with Gasteiger partial charge in [-0.1, -0.05) is 54.6 Å². The summed E-state index contributed by atoms with van der Waals surface area (Å²) < 4.78 is 40.6. The molecule has 1 aliphatic rings. The van der Waals surface area contributed by atoms with E-state index in [4.69, 9.17) is 0 Å². The van der Waals surface area contributed by atoms with E-state index in [1.165, 1.54) is 0 Å². The number of anilines is 1. The van der Waals surface area contributed by atoms with Crippen LogP contribution in [-0.4, -0.2) is 27.4 Å². The molecule has 2 heterocycles. The van der Waals surface area contributed by atoms with Crippen LogP contribution in [0.3, 0.4) is 0 Å². The van der Waals surface area contributed by atoms with Crippen LogP contribution in [0.15, 0.2) is 54.6 Å². The van der Waals surface area contributed by atoms with Gasteiger partial charge in [0.25, 0.3) is 0 Å². The number of nitrogens with zero attached hydrogens (tertiary/aromatic N) is 1. The number of nitrogens with one attached hydrogen (secondary N) is 2. The van der Waals surface area contributed by atoms with Crippen molar-refractivity contribution in [2.24, 2.45) is 0 Å². The predicted molar refractivity (Wildman–Crippen MR) is 96.5 cm³/mol. The lowest BCUT2D eigenvalue weighted by molar-refractivity contribution is -0.267. The molecule has 0 saturated carbocycles. The van der Waals surface area contributed by atoms with E-state index in [1.54, 1.807) is 0 Å². The average Bonchev–Trinajstić information content (AvgIpc) is 3.05. The first-order chi connectivity index (χ1) is 13.3. The molecule has 1 aliphatic heterocycles. The summed E-state index contributed by atoms with van der Waals surface area (Å²) in [5.41, 5.74) is -0.824. The Morgan fingerprint density at radius 3 is 2.32 bits per heavy atom. The maximum absolute atomic E-state index is 13.5. The molecule has 1 unspecified atom stereocenters. The lowest BCUT2D eigenvalue weighted by atomic mass is 9.85. The minimum absolute atomic E-state index is 0.103. The van der Waals surface area contributed by atoms with Gasteiger partial charge in [0, 0.05) is 12.1 Å². The molecule has 28 heavy (non-hydrogen) atoms. The molecule has 2 aromatic carbocycles. The standard InChI is InChI=1S/C20H16F3N3O2/c21-20(22,23)19(28)11-16(27)24-18-17(19)15(25-26-18)10-12-6-8-14(9-7-12)13-4-2-1-3-5-13/h1-9,28H,10-11H2,(H2,24,25,26,27). The van der Waals surface area contributed by atoms with Gasteiger partial charge in [-0.25, -0.2) is 0 Å². The van der Waals surface area contributed by atoms with E-state index in [9.17, 15) is 23.1 Å². The van der Waals surface area contributed by atoms with Gasteiger partial charge in [0.05, 0.1) is 12.0 Å². The van der Waals surface area contributed by atoms with Crippen molar-refractivity contribution in [3.8, 4) is 11.1 Å². The Balaban J connectivity index is 1.66. The Labute approximate surface area is 158 Å². The number of benzene rings is 2. The molecular weight excluding hydrogens is 371 g/mol. The topological polar surface area (TPSA) is 78.0 Å². The number of halogens is 3. The largest absolute Gasteiger partial charge is 0.422 e. The van der Waals surface area contributed by atoms with Crippen molar-refractivity contribution in [1.29, 1.82) is 0 Å². The number of hydrogen-bond donors (Lipinski definition) is 3. The highest BCUT2D eigenvalue weighted by molar-refractivity contribution is 5.94. The van der Waals surface area contributed by atoms with Gasteiger partial charge in [-0.2, -0.15) is 18.3 Å². The van der Waals surface area contributed by atoms with Crippen LogP contribution >= 0.6 is 0 Å². The minimum Gasteiger partial charge on any atom is -0.376 e. The number of alkyl halides is 3. The molecule has 1 amide bonds. The van der Waals surface area contributed by atoms with Crippen LogP contribution in [-0.2, 0) is 16.8 Å². The van der Waals surface area contributed by atoms with Crippen LogP contribution in [0.1, 0.15) is 23.2 Å². The molecule has 4 rings (SSSR count). The summed E-state index contributed by atoms with van der Waals surface area (Å²) in [5.74, 6) is -1.22. The Morgan fingerprint density at radius 2 is 1.68 bits per heavy atom. The number of carbonyl (C=O) groups is 1. The number of fused-ring (bicyclic) bond motifs is 1. The summed E-state index contributed by atoms with van der Waals surface area (Å²) in [5, 5.41) is 18.9. The van der Waals surface area contributed by atoms with Crippen molar-refractivity contribution >= 4 is 11.7 Å². The second-order valence-corrected chi connectivity index (χ2v) is 6.75. The number of aliphatic hydroxyl groups is 1. The number of hydrogen-bond acceptors (Lipinski definition) is 3. The Kier molecular flexibility index (Phi) is 4.23. The fourth-order valence-corrected chi connectivity index (χ4v) is 3.43. The fourth-order valence-electron chi connectivity index (χ4n) is 3.43. The van der Waals surface area contributed by atoms with E-state index < -0.39 is 29.7 Å². The summed E-state index contributed by atoms with van der Waals surface area (Å²) in [7, 11) is 0. The molecule has 1 aromatic heterocycles. The lowest BCUT2D eigenvalue weighted by Crippen LogP contribution is -2.48. The number of amides is 1. The third-order valence-electron chi connectivity index (χ3n) is 4.84. The van der Waals surface area contributed by atoms with Crippen LogP contribution in [0.25, 0.3) is 11.1 Å². The van der Waals surface area contributed by atoms with Crippen LogP contribution in [0.5, 0.6) is 0 Å². The van der Waals surface area contributed by atoms with Crippen molar-refractivity contribution in [3.63, 3.8) is 0 Å². The zero-order valence-corrected chi connectivity index (χ0v) is 14.5. The van der Waals surface area contributed by atoms with Gasteiger partial charge < -0.3 is 10.4 Å². The number of H-pyrrole nitrogens is 1. The van der Waals surface area contributed by atoms with E-state index in [0.717, 1.165) is 16.7 Å². The van der Waals surface area contributed by atoms with Gasteiger partial charge in [-0.3, -0.25) is 9.89 Å². The number of rotatable bonds is 3. The molecule has 0 bridgehead atoms. The maximum Gasteiger partial charge on any atom is 0.422 e. The molecule has 0 saturated heterocycles. The molecule has 8 heteroatoms. The van der Waals surface area contributed by atoms with E-state index in [0.29, 0.717) is 0 Å². The predicted octanol–water partition coefficient (Wildman–Crippen LogP) is 3.76. The highest BCUT2D eigenvalue weighted by Crippen LogP contribution is 2.47. The van der Waals surface area contributed by atoms with E-state index in [2.05, 4.69) is 15.5 Å². The number of aromatic amines is 1. The number of carbonyl (C=O) groups excluding carboxylic acids is 1. The molecule has 0 radical (unpaired) electrons. The van der Waals surface area contributed by atoms with Crippen molar-refractivity contribution in [1.82, 2.24) is 10.2 Å². The summed E-state index contributed by atoms with van der Waals surface area (Å²) in [6, 6.07) is 17.1. The van der Waals surface area contributed by atoms with Crippen molar-refractivity contribution in [3.05, 3.63) is 71.4 Å². The normalized spacial score (nSPS) is 19.2. The molecule has 1 atom stereocenters. The smallest absolute Gasteiger partial charge is 0.376 e. The molecular formula is C20H16F3N3O2. The molecule has 0 spiro atoms. The molecule has 3 aromatic rings. The SMILES string of the molecule is O=C1CC(O)(C(F)(F)F)c2c(n[nH]c2Cc2ccc(-c3ccccc3)cc2)N1. The quantitative estimate of drug-likeness (QED) is 0.640. The fraction of sp³-hybridized carbons (Fsp3) is 0.200. The third-order valence-corrected chi connectivity index (χ3v) is 4.84. The highest BCUT2D eigenvalue weighted by atomic mass is 19.4. The van der Waals surface area contributed by atoms with Gasteiger partial charge in [0.15, 0.2) is 11.4 Å². The van der Waals surface area contributed by atoms with E-state index in [-0.39, 0.29) is 17.9 Å². The van der Waals surface area contributed by atoms with Gasteiger partial charge in [0.1, 0.15) is 0 Å². The van der Waals surface area contributed by atoms with Gasteiger partial charge in [0.2, 0.25) is 5.91 Å². The molecule has 144 valence electrons. The Hall–Kier alpha value is -3.13. The second-order valence-electron chi connectivity index (χ2n) is 6.75. The summed E-state index contributed by atoms with van der Waals surface area (Å²) >= 11 is 0. The molecule has 0 aliphatic carbocycles. The minimum atomic E-state index is -5.00. The maximum atomic E-state index is 13.5. The summed E-state index contributed by atoms with van der Waals surface area (Å²) in [6.45, 7) is 0. The van der Waals surface area contributed by atoms with Crippen LogP contribution < -0.4 is 5.32 Å². The van der Waals surface area contributed by atoms with Crippen molar-refractivity contribution in [2.45, 2.75) is 24.6 Å².